The summed E-state index contributed by atoms with van der Waals surface area (Å²) >= 11 is 11.3. The molecule has 2 aromatic rings. The fraction of sp³-hybridized carbons (Fsp3) is 0.231. The summed E-state index contributed by atoms with van der Waals surface area (Å²) in [5.41, 5.74) is 1.03. The Bertz CT molecular complexity index is 548. The van der Waals surface area contributed by atoms with E-state index in [1.54, 1.807) is 11.8 Å². The highest BCUT2D eigenvalue weighted by Crippen LogP contribution is 2.35. The van der Waals surface area contributed by atoms with E-state index in [1.165, 1.54) is 6.33 Å². The van der Waals surface area contributed by atoms with Crippen molar-refractivity contribution in [3.05, 3.63) is 45.8 Å². The van der Waals surface area contributed by atoms with E-state index in [1.807, 2.05) is 18.2 Å². The van der Waals surface area contributed by atoms with Crippen LogP contribution in [0.3, 0.4) is 0 Å². The average Bonchev–Trinajstić information content (AvgIpc) is 2.36. The van der Waals surface area contributed by atoms with Gasteiger partial charge in [0.25, 0.3) is 0 Å². The number of halogens is 2. The van der Waals surface area contributed by atoms with Crippen LogP contribution in [0.2, 0.25) is 5.15 Å². The van der Waals surface area contributed by atoms with Crippen LogP contribution in [0.25, 0.3) is 0 Å². The van der Waals surface area contributed by atoms with Crippen LogP contribution >= 0.6 is 39.3 Å². The molecule has 0 fully saturated rings. The first-order valence-electron chi connectivity index (χ1n) is 5.64. The van der Waals surface area contributed by atoms with Crippen molar-refractivity contribution in [1.82, 2.24) is 9.97 Å². The van der Waals surface area contributed by atoms with Crippen LogP contribution in [0.4, 0.5) is 0 Å². The van der Waals surface area contributed by atoms with Gasteiger partial charge in [0.05, 0.1) is 0 Å². The predicted octanol–water partition coefficient (Wildman–Crippen LogP) is 5.00. The van der Waals surface area contributed by atoms with Gasteiger partial charge in [0.1, 0.15) is 16.5 Å². The zero-order valence-electron chi connectivity index (χ0n) is 9.86. The molecule has 2 rings (SSSR count). The third-order valence-corrected chi connectivity index (χ3v) is 4.80. The van der Waals surface area contributed by atoms with Crippen molar-refractivity contribution in [2.45, 2.75) is 29.7 Å². The minimum absolute atomic E-state index is 0.557. The van der Waals surface area contributed by atoms with E-state index in [0.717, 1.165) is 32.8 Å². The van der Waals surface area contributed by atoms with E-state index in [0.29, 0.717) is 5.15 Å². The highest BCUT2D eigenvalue weighted by atomic mass is 79.9. The number of aromatic nitrogens is 2. The minimum atomic E-state index is 0.557. The van der Waals surface area contributed by atoms with E-state index in [4.69, 9.17) is 11.6 Å². The molecule has 0 bridgehead atoms. The Labute approximate surface area is 124 Å². The molecule has 94 valence electrons. The zero-order valence-corrected chi connectivity index (χ0v) is 13.0. The first-order chi connectivity index (χ1) is 8.72. The summed E-state index contributed by atoms with van der Waals surface area (Å²) in [5.74, 6) is 0. The quantitative estimate of drug-likeness (QED) is 0.731. The van der Waals surface area contributed by atoms with Crippen molar-refractivity contribution in [2.24, 2.45) is 0 Å². The van der Waals surface area contributed by atoms with Gasteiger partial charge in [0.2, 0.25) is 0 Å². The van der Waals surface area contributed by atoms with Crippen LogP contribution in [0.1, 0.15) is 18.9 Å². The molecule has 1 aromatic heterocycles. The van der Waals surface area contributed by atoms with E-state index in [-0.39, 0.29) is 0 Å². The smallest absolute Gasteiger partial charge is 0.136 e. The Morgan fingerprint density at radius 2 is 2.06 bits per heavy atom. The molecule has 5 heteroatoms. The maximum absolute atomic E-state index is 6.14. The second-order valence-electron chi connectivity index (χ2n) is 3.73. The Morgan fingerprint density at radius 1 is 1.28 bits per heavy atom. The highest BCUT2D eigenvalue weighted by Gasteiger charge is 2.11. The lowest BCUT2D eigenvalue weighted by molar-refractivity contribution is 0.856. The van der Waals surface area contributed by atoms with Crippen molar-refractivity contribution in [2.75, 3.05) is 0 Å². The van der Waals surface area contributed by atoms with Crippen LogP contribution < -0.4 is 0 Å². The largest absolute Gasteiger partial charge is 0.229 e. The van der Waals surface area contributed by atoms with Gasteiger partial charge in [0.15, 0.2) is 0 Å². The summed E-state index contributed by atoms with van der Waals surface area (Å²) in [6, 6.07) is 8.08. The molecule has 1 aromatic carbocycles. The van der Waals surface area contributed by atoms with Gasteiger partial charge in [-0.2, -0.15) is 0 Å². The molecule has 0 spiro atoms. The summed E-state index contributed by atoms with van der Waals surface area (Å²) < 4.78 is 1.06. The van der Waals surface area contributed by atoms with Crippen molar-refractivity contribution in [3.8, 4) is 0 Å². The lowest BCUT2D eigenvalue weighted by Crippen LogP contribution is -1.95. The fourth-order valence-corrected chi connectivity index (χ4v) is 3.31. The molecule has 0 saturated heterocycles. The lowest BCUT2D eigenvalue weighted by Gasteiger charge is -2.09. The number of hydrogen-bond acceptors (Lipinski definition) is 3. The topological polar surface area (TPSA) is 25.8 Å². The Kier molecular flexibility index (Phi) is 5.03. The first kappa shape index (κ1) is 13.8. The summed E-state index contributed by atoms with van der Waals surface area (Å²) in [4.78, 5) is 9.52. The SMILES string of the molecule is CCCc1c(Cl)ncnc1Sc1ccccc1Br. The average molecular weight is 344 g/mol. The van der Waals surface area contributed by atoms with Gasteiger partial charge in [-0.25, -0.2) is 9.97 Å². The van der Waals surface area contributed by atoms with Crippen molar-refractivity contribution in [1.29, 1.82) is 0 Å². The van der Waals surface area contributed by atoms with Gasteiger partial charge in [-0.05, 0) is 34.5 Å². The third kappa shape index (κ3) is 3.25. The van der Waals surface area contributed by atoms with E-state index in [9.17, 15) is 0 Å². The number of hydrogen-bond donors (Lipinski definition) is 0. The Hall–Kier alpha value is -0.580. The Morgan fingerprint density at radius 3 is 2.78 bits per heavy atom. The van der Waals surface area contributed by atoms with Crippen molar-refractivity contribution < 1.29 is 0 Å². The normalized spacial score (nSPS) is 10.6. The second-order valence-corrected chi connectivity index (χ2v) is 5.97. The van der Waals surface area contributed by atoms with E-state index in [2.05, 4.69) is 38.9 Å². The van der Waals surface area contributed by atoms with Gasteiger partial charge in [-0.3, -0.25) is 0 Å². The van der Waals surface area contributed by atoms with Gasteiger partial charge in [0, 0.05) is 14.9 Å². The highest BCUT2D eigenvalue weighted by molar-refractivity contribution is 9.10. The van der Waals surface area contributed by atoms with Crippen LogP contribution in [-0.2, 0) is 6.42 Å². The Balaban J connectivity index is 2.34. The number of benzene rings is 1. The molecular formula is C13H12BrClN2S. The van der Waals surface area contributed by atoms with Gasteiger partial charge in [-0.15, -0.1) is 0 Å². The van der Waals surface area contributed by atoms with E-state index >= 15 is 0 Å². The fourth-order valence-electron chi connectivity index (χ4n) is 1.56. The van der Waals surface area contributed by atoms with Crippen LogP contribution in [-0.4, -0.2) is 9.97 Å². The second kappa shape index (κ2) is 6.55. The molecule has 0 radical (unpaired) electrons. The van der Waals surface area contributed by atoms with Crippen LogP contribution in [0.15, 0.2) is 45.0 Å². The van der Waals surface area contributed by atoms with Crippen molar-refractivity contribution >= 4 is 39.3 Å². The molecule has 0 N–H and O–H groups in total. The molecule has 0 amide bonds. The molecule has 0 aliphatic carbocycles. The zero-order chi connectivity index (χ0) is 13.0. The van der Waals surface area contributed by atoms with Gasteiger partial charge >= 0.3 is 0 Å². The van der Waals surface area contributed by atoms with E-state index < -0.39 is 0 Å². The summed E-state index contributed by atoms with van der Waals surface area (Å²) in [6.07, 6.45) is 3.43. The molecule has 1 heterocycles. The van der Waals surface area contributed by atoms with Crippen LogP contribution in [0.5, 0.6) is 0 Å². The van der Waals surface area contributed by atoms with Gasteiger partial charge in [-0.1, -0.05) is 48.8 Å². The lowest BCUT2D eigenvalue weighted by atomic mass is 10.2. The molecule has 0 aliphatic heterocycles. The molecule has 0 aliphatic rings. The minimum Gasteiger partial charge on any atom is -0.229 e. The summed E-state index contributed by atoms with van der Waals surface area (Å²) in [7, 11) is 0. The van der Waals surface area contributed by atoms with Crippen molar-refractivity contribution in [3.63, 3.8) is 0 Å². The molecule has 0 unspecified atom stereocenters. The molecule has 18 heavy (non-hydrogen) atoms. The number of nitrogens with zero attached hydrogens (tertiary/aromatic N) is 2. The van der Waals surface area contributed by atoms with Gasteiger partial charge < -0.3 is 0 Å². The summed E-state index contributed by atoms with van der Waals surface area (Å²) in [6.45, 7) is 2.12. The molecular weight excluding hydrogens is 332 g/mol. The molecule has 0 saturated carbocycles. The molecule has 0 atom stereocenters. The maximum atomic E-state index is 6.14. The van der Waals surface area contributed by atoms with Crippen LogP contribution in [0, 0.1) is 0 Å². The monoisotopic (exact) mass is 342 g/mol. The maximum Gasteiger partial charge on any atom is 0.136 e. The third-order valence-electron chi connectivity index (χ3n) is 2.40. The predicted molar refractivity (Wildman–Crippen MR) is 79.3 cm³/mol. The first-order valence-corrected chi connectivity index (χ1v) is 7.63. The standard InChI is InChI=1S/C13H12BrClN2S/c1-2-5-9-12(15)16-8-17-13(9)18-11-7-4-3-6-10(11)14/h3-4,6-8H,2,5H2,1H3. The summed E-state index contributed by atoms with van der Waals surface area (Å²) in [5, 5.41) is 1.49. The molecule has 2 nitrogen and oxygen atoms in total. The number of rotatable bonds is 4.